The molecule has 18 heavy (non-hydrogen) atoms. The van der Waals surface area contributed by atoms with E-state index in [1.54, 1.807) is 24.3 Å². The fourth-order valence-corrected chi connectivity index (χ4v) is 1.59. The van der Waals surface area contributed by atoms with Gasteiger partial charge < -0.3 is 4.74 Å². The molecule has 0 atom stereocenters. The van der Waals surface area contributed by atoms with Gasteiger partial charge in [0.05, 0.1) is 0 Å². The highest BCUT2D eigenvalue weighted by Gasteiger charge is 2.11. The molecule has 0 radical (unpaired) electrons. The molecule has 94 valence electrons. The zero-order chi connectivity index (χ0) is 13.1. The minimum absolute atomic E-state index is 0.0199. The Morgan fingerprint density at radius 2 is 1.56 bits per heavy atom. The van der Waals surface area contributed by atoms with E-state index in [0.29, 0.717) is 11.3 Å². The lowest BCUT2D eigenvalue weighted by atomic mass is 10.1. The Balaban J connectivity index is 2.11. The standard InChI is InChI=1S/C15H14F2O/c1-10-3-7-13(8-4-10)18-9-12-6-5-11(2)14(16)15(12)17/h3-8H,9H2,1-2H3. The third-order valence-electron chi connectivity index (χ3n) is 2.77. The fourth-order valence-electron chi connectivity index (χ4n) is 1.59. The van der Waals surface area contributed by atoms with E-state index in [-0.39, 0.29) is 12.2 Å². The van der Waals surface area contributed by atoms with Gasteiger partial charge in [-0.3, -0.25) is 0 Å². The molecule has 0 N–H and O–H groups in total. The highest BCUT2D eigenvalue weighted by atomic mass is 19.2. The molecule has 2 rings (SSSR count). The number of rotatable bonds is 3. The summed E-state index contributed by atoms with van der Waals surface area (Å²) in [7, 11) is 0. The van der Waals surface area contributed by atoms with Crippen LogP contribution in [0.2, 0.25) is 0 Å². The smallest absolute Gasteiger partial charge is 0.165 e. The molecule has 0 aliphatic rings. The van der Waals surface area contributed by atoms with E-state index >= 15 is 0 Å². The molecule has 1 nitrogen and oxygen atoms in total. The van der Waals surface area contributed by atoms with Gasteiger partial charge in [-0.25, -0.2) is 8.78 Å². The van der Waals surface area contributed by atoms with Crippen molar-refractivity contribution in [1.82, 2.24) is 0 Å². The molecule has 0 fully saturated rings. The Morgan fingerprint density at radius 3 is 2.22 bits per heavy atom. The van der Waals surface area contributed by atoms with Crippen molar-refractivity contribution in [3.05, 3.63) is 64.7 Å². The third-order valence-corrected chi connectivity index (χ3v) is 2.77. The second kappa shape index (κ2) is 5.17. The molecule has 0 aliphatic heterocycles. The highest BCUT2D eigenvalue weighted by molar-refractivity contribution is 5.28. The largest absolute Gasteiger partial charge is 0.489 e. The maximum absolute atomic E-state index is 13.6. The molecule has 0 spiro atoms. The minimum atomic E-state index is -0.831. The first-order valence-corrected chi connectivity index (χ1v) is 5.71. The maximum atomic E-state index is 13.6. The summed E-state index contributed by atoms with van der Waals surface area (Å²) in [5.41, 5.74) is 1.64. The van der Waals surface area contributed by atoms with Crippen molar-refractivity contribution in [1.29, 1.82) is 0 Å². The van der Waals surface area contributed by atoms with E-state index in [0.717, 1.165) is 5.56 Å². The van der Waals surface area contributed by atoms with E-state index in [1.165, 1.54) is 6.92 Å². The first kappa shape index (κ1) is 12.6. The molecular formula is C15H14F2O. The Labute approximate surface area is 105 Å². The van der Waals surface area contributed by atoms with Crippen molar-refractivity contribution in [2.45, 2.75) is 20.5 Å². The second-order valence-corrected chi connectivity index (χ2v) is 4.27. The average molecular weight is 248 g/mol. The van der Waals surface area contributed by atoms with Gasteiger partial charge in [0.25, 0.3) is 0 Å². The number of aryl methyl sites for hydroxylation is 2. The molecule has 2 aromatic rings. The highest BCUT2D eigenvalue weighted by Crippen LogP contribution is 2.18. The Bertz CT molecular complexity index is 547. The van der Waals surface area contributed by atoms with Crippen LogP contribution in [0.1, 0.15) is 16.7 Å². The molecule has 3 heteroatoms. The van der Waals surface area contributed by atoms with Gasteiger partial charge in [0.15, 0.2) is 11.6 Å². The van der Waals surface area contributed by atoms with Crippen molar-refractivity contribution in [2.24, 2.45) is 0 Å². The van der Waals surface area contributed by atoms with Gasteiger partial charge in [-0.15, -0.1) is 0 Å². The molecule has 0 heterocycles. The van der Waals surface area contributed by atoms with Crippen LogP contribution in [0, 0.1) is 25.5 Å². The van der Waals surface area contributed by atoms with Gasteiger partial charge in [-0.1, -0.05) is 29.8 Å². The predicted molar refractivity (Wildman–Crippen MR) is 66.6 cm³/mol. The lowest BCUT2D eigenvalue weighted by Crippen LogP contribution is -2.01. The number of ether oxygens (including phenoxy) is 1. The van der Waals surface area contributed by atoms with Crippen LogP contribution in [0.25, 0.3) is 0 Å². The fraction of sp³-hybridized carbons (Fsp3) is 0.200. The lowest BCUT2D eigenvalue weighted by molar-refractivity contribution is 0.297. The van der Waals surface area contributed by atoms with Crippen LogP contribution < -0.4 is 4.74 Å². The summed E-state index contributed by atoms with van der Waals surface area (Å²) < 4.78 is 32.3. The first-order valence-electron chi connectivity index (χ1n) is 5.71. The molecular weight excluding hydrogens is 234 g/mol. The van der Waals surface area contributed by atoms with Crippen LogP contribution in [-0.4, -0.2) is 0 Å². The van der Waals surface area contributed by atoms with Crippen molar-refractivity contribution in [3.63, 3.8) is 0 Å². The molecule has 0 amide bonds. The number of hydrogen-bond donors (Lipinski definition) is 0. The summed E-state index contributed by atoms with van der Waals surface area (Å²) in [6.45, 7) is 3.52. The molecule has 0 saturated carbocycles. The summed E-state index contributed by atoms with van der Waals surface area (Å²) in [5, 5.41) is 0. The van der Waals surface area contributed by atoms with Gasteiger partial charge in [-0.2, -0.15) is 0 Å². The topological polar surface area (TPSA) is 9.23 Å². The SMILES string of the molecule is Cc1ccc(OCc2ccc(C)c(F)c2F)cc1. The van der Waals surface area contributed by atoms with Crippen LogP contribution in [0.3, 0.4) is 0 Å². The average Bonchev–Trinajstić information content (AvgIpc) is 2.37. The van der Waals surface area contributed by atoms with Crippen LogP contribution >= 0.6 is 0 Å². The molecule has 0 saturated heterocycles. The van der Waals surface area contributed by atoms with Gasteiger partial charge in [-0.05, 0) is 31.5 Å². The van der Waals surface area contributed by atoms with Crippen molar-refractivity contribution >= 4 is 0 Å². The van der Waals surface area contributed by atoms with E-state index in [1.807, 2.05) is 19.1 Å². The monoisotopic (exact) mass is 248 g/mol. The lowest BCUT2D eigenvalue weighted by Gasteiger charge is -2.08. The Morgan fingerprint density at radius 1 is 0.889 bits per heavy atom. The molecule has 0 aromatic heterocycles. The van der Waals surface area contributed by atoms with E-state index in [4.69, 9.17) is 4.74 Å². The van der Waals surface area contributed by atoms with Gasteiger partial charge in [0.1, 0.15) is 12.4 Å². The Hall–Kier alpha value is -1.90. The molecule has 0 aliphatic carbocycles. The number of hydrogen-bond acceptors (Lipinski definition) is 1. The van der Waals surface area contributed by atoms with Crippen molar-refractivity contribution in [3.8, 4) is 5.75 Å². The second-order valence-electron chi connectivity index (χ2n) is 4.27. The summed E-state index contributed by atoms with van der Waals surface area (Å²) in [4.78, 5) is 0. The summed E-state index contributed by atoms with van der Waals surface area (Å²) in [6.07, 6.45) is 0. The van der Waals surface area contributed by atoms with Crippen LogP contribution in [0.5, 0.6) is 5.75 Å². The molecule has 2 aromatic carbocycles. The van der Waals surface area contributed by atoms with Crippen molar-refractivity contribution < 1.29 is 13.5 Å². The van der Waals surface area contributed by atoms with Gasteiger partial charge in [0, 0.05) is 5.56 Å². The van der Waals surface area contributed by atoms with E-state index in [2.05, 4.69) is 0 Å². The summed E-state index contributed by atoms with van der Waals surface area (Å²) in [5.74, 6) is -0.997. The van der Waals surface area contributed by atoms with Crippen LogP contribution in [-0.2, 0) is 6.61 Å². The zero-order valence-corrected chi connectivity index (χ0v) is 10.3. The first-order chi connectivity index (χ1) is 8.58. The zero-order valence-electron chi connectivity index (χ0n) is 10.3. The van der Waals surface area contributed by atoms with E-state index < -0.39 is 11.6 Å². The van der Waals surface area contributed by atoms with Crippen LogP contribution in [0.15, 0.2) is 36.4 Å². The quantitative estimate of drug-likeness (QED) is 0.792. The normalized spacial score (nSPS) is 10.4. The van der Waals surface area contributed by atoms with Gasteiger partial charge in [0.2, 0.25) is 0 Å². The predicted octanol–water partition coefficient (Wildman–Crippen LogP) is 4.16. The minimum Gasteiger partial charge on any atom is -0.489 e. The number of halogens is 2. The van der Waals surface area contributed by atoms with Crippen molar-refractivity contribution in [2.75, 3.05) is 0 Å². The number of benzene rings is 2. The Kier molecular flexibility index (Phi) is 3.60. The van der Waals surface area contributed by atoms with Gasteiger partial charge >= 0.3 is 0 Å². The van der Waals surface area contributed by atoms with E-state index in [9.17, 15) is 8.78 Å². The summed E-state index contributed by atoms with van der Waals surface area (Å²) in [6, 6.07) is 10.5. The molecule has 0 bridgehead atoms. The van der Waals surface area contributed by atoms with Crippen LogP contribution in [0.4, 0.5) is 8.78 Å². The third kappa shape index (κ3) is 2.67. The molecule has 0 unspecified atom stereocenters. The maximum Gasteiger partial charge on any atom is 0.165 e. The summed E-state index contributed by atoms with van der Waals surface area (Å²) >= 11 is 0.